The minimum absolute atomic E-state index is 0.429. The monoisotopic (exact) mass is 472 g/mol. The Balaban J connectivity index is 1.34. The molecule has 0 atom stereocenters. The number of aryl methyl sites for hydroxylation is 2. The summed E-state index contributed by atoms with van der Waals surface area (Å²) >= 11 is 0. The molecule has 36 heavy (non-hydrogen) atoms. The Morgan fingerprint density at radius 1 is 0.833 bits per heavy atom. The van der Waals surface area contributed by atoms with Crippen LogP contribution in [0.5, 0.6) is 5.75 Å². The fraction of sp³-hybridized carbons (Fsp3) is 0.103. The normalized spacial score (nSPS) is 11.2. The van der Waals surface area contributed by atoms with E-state index < -0.39 is 0 Å². The van der Waals surface area contributed by atoms with Crippen LogP contribution in [-0.4, -0.2) is 28.9 Å². The van der Waals surface area contributed by atoms with Crippen molar-refractivity contribution in [2.24, 2.45) is 7.05 Å². The topological polar surface area (TPSA) is 70.1 Å². The molecule has 0 fully saturated rings. The Morgan fingerprint density at radius 3 is 2.53 bits per heavy atom. The molecule has 0 bridgehead atoms. The van der Waals surface area contributed by atoms with Crippen molar-refractivity contribution in [3.8, 4) is 39.7 Å². The molecule has 6 rings (SSSR count). The van der Waals surface area contributed by atoms with Gasteiger partial charge < -0.3 is 9.30 Å². The van der Waals surface area contributed by atoms with E-state index in [4.69, 9.17) is 14.7 Å². The maximum absolute atomic E-state index is 5.89. The van der Waals surface area contributed by atoms with E-state index in [-0.39, 0.29) is 0 Å². The minimum atomic E-state index is 0.429. The van der Waals surface area contributed by atoms with Gasteiger partial charge >= 0.3 is 0 Å². The van der Waals surface area contributed by atoms with Gasteiger partial charge in [-0.1, -0.05) is 12.1 Å². The second-order valence-corrected chi connectivity index (χ2v) is 8.68. The van der Waals surface area contributed by atoms with Crippen LogP contribution in [0.3, 0.4) is 0 Å². The second-order valence-electron chi connectivity index (χ2n) is 8.68. The third-order valence-corrected chi connectivity index (χ3v) is 5.99. The Hall–Kier alpha value is -4.78. The average Bonchev–Trinajstić information content (AvgIpc) is 3.51. The highest BCUT2D eigenvalue weighted by atomic mass is 16.5. The molecule has 0 aliphatic heterocycles. The SMILES string of the molecule is Cc1cccc(-c2nc3ccccn3c2-c2ccnc(-c3ccc(OCc4cn(C)cn4)cc3)c2)n1. The average molecular weight is 473 g/mol. The molecule has 0 aliphatic rings. The molecule has 176 valence electrons. The van der Waals surface area contributed by atoms with Crippen LogP contribution < -0.4 is 4.74 Å². The molecule has 0 spiro atoms. The summed E-state index contributed by atoms with van der Waals surface area (Å²) in [4.78, 5) is 18.6. The lowest BCUT2D eigenvalue weighted by Gasteiger charge is -2.09. The van der Waals surface area contributed by atoms with Crippen molar-refractivity contribution < 1.29 is 4.74 Å². The van der Waals surface area contributed by atoms with Gasteiger partial charge in [0.15, 0.2) is 0 Å². The Morgan fingerprint density at radius 2 is 1.72 bits per heavy atom. The molecule has 0 radical (unpaired) electrons. The highest BCUT2D eigenvalue weighted by Crippen LogP contribution is 2.33. The van der Waals surface area contributed by atoms with Crippen LogP contribution in [0, 0.1) is 6.92 Å². The van der Waals surface area contributed by atoms with E-state index in [1.807, 2.05) is 104 Å². The highest BCUT2D eigenvalue weighted by Gasteiger charge is 2.17. The molecule has 7 nitrogen and oxygen atoms in total. The molecule has 0 saturated carbocycles. The summed E-state index contributed by atoms with van der Waals surface area (Å²) in [6, 6.07) is 24.1. The standard InChI is InChI=1S/C29H24N6O/c1-20-6-5-7-25(32-20)28-29(35-15-4-3-8-27(35)33-28)22-13-14-30-26(16-22)21-9-11-24(12-10-21)36-18-23-17-34(2)19-31-23/h3-17,19H,18H2,1-2H3. The van der Waals surface area contributed by atoms with Crippen LogP contribution in [0.15, 0.2) is 97.7 Å². The maximum atomic E-state index is 5.89. The molecule has 0 saturated heterocycles. The van der Waals surface area contributed by atoms with Crippen molar-refractivity contribution >= 4 is 5.65 Å². The largest absolute Gasteiger partial charge is 0.487 e. The second kappa shape index (κ2) is 9.11. The molecule has 5 heterocycles. The summed E-state index contributed by atoms with van der Waals surface area (Å²) in [5.41, 5.74) is 8.30. The number of pyridine rings is 3. The van der Waals surface area contributed by atoms with Crippen LogP contribution in [0.1, 0.15) is 11.4 Å². The molecule has 6 aromatic rings. The van der Waals surface area contributed by atoms with E-state index in [2.05, 4.69) is 20.4 Å². The summed E-state index contributed by atoms with van der Waals surface area (Å²) < 4.78 is 9.90. The number of fused-ring (bicyclic) bond motifs is 1. The summed E-state index contributed by atoms with van der Waals surface area (Å²) in [7, 11) is 1.94. The van der Waals surface area contributed by atoms with Crippen LogP contribution >= 0.6 is 0 Å². The summed E-state index contributed by atoms with van der Waals surface area (Å²) in [5.74, 6) is 0.787. The lowest BCUT2D eigenvalue weighted by molar-refractivity contribution is 0.302. The van der Waals surface area contributed by atoms with Crippen molar-refractivity contribution in [3.05, 3.63) is 109 Å². The number of aromatic nitrogens is 6. The van der Waals surface area contributed by atoms with E-state index in [1.165, 1.54) is 0 Å². The quantitative estimate of drug-likeness (QED) is 0.309. The third-order valence-electron chi connectivity index (χ3n) is 5.99. The predicted octanol–water partition coefficient (Wildman–Crippen LogP) is 5.75. The number of imidazole rings is 2. The van der Waals surface area contributed by atoms with Crippen molar-refractivity contribution in [1.29, 1.82) is 0 Å². The van der Waals surface area contributed by atoms with E-state index in [0.717, 1.165) is 56.7 Å². The lowest BCUT2D eigenvalue weighted by atomic mass is 10.0. The van der Waals surface area contributed by atoms with Crippen molar-refractivity contribution in [2.45, 2.75) is 13.5 Å². The van der Waals surface area contributed by atoms with Crippen LogP contribution in [0.2, 0.25) is 0 Å². The fourth-order valence-corrected chi connectivity index (χ4v) is 4.28. The number of rotatable bonds is 6. The molecular formula is C29H24N6O. The lowest BCUT2D eigenvalue weighted by Crippen LogP contribution is -1.96. The highest BCUT2D eigenvalue weighted by molar-refractivity contribution is 5.82. The van der Waals surface area contributed by atoms with Gasteiger partial charge in [0.2, 0.25) is 0 Å². The van der Waals surface area contributed by atoms with Gasteiger partial charge in [-0.3, -0.25) is 14.4 Å². The predicted molar refractivity (Wildman–Crippen MR) is 139 cm³/mol. The first-order valence-corrected chi connectivity index (χ1v) is 11.7. The first-order chi connectivity index (χ1) is 17.6. The van der Waals surface area contributed by atoms with Crippen LogP contribution in [-0.2, 0) is 13.7 Å². The molecule has 0 N–H and O–H groups in total. The van der Waals surface area contributed by atoms with Crippen molar-refractivity contribution in [2.75, 3.05) is 0 Å². The number of benzene rings is 1. The zero-order valence-electron chi connectivity index (χ0n) is 20.0. The van der Waals surface area contributed by atoms with Gasteiger partial charge in [-0.25, -0.2) is 9.97 Å². The molecule has 7 heteroatoms. The van der Waals surface area contributed by atoms with E-state index in [1.54, 1.807) is 6.33 Å². The zero-order valence-corrected chi connectivity index (χ0v) is 20.0. The van der Waals surface area contributed by atoms with Crippen molar-refractivity contribution in [1.82, 2.24) is 28.9 Å². The van der Waals surface area contributed by atoms with Crippen molar-refractivity contribution in [3.63, 3.8) is 0 Å². The summed E-state index contributed by atoms with van der Waals surface area (Å²) in [6.07, 6.45) is 7.59. The number of ether oxygens (including phenoxy) is 1. The molecule has 1 aromatic carbocycles. The first-order valence-electron chi connectivity index (χ1n) is 11.7. The van der Waals surface area contributed by atoms with E-state index >= 15 is 0 Å². The first kappa shape index (κ1) is 21.7. The van der Waals surface area contributed by atoms with Crippen LogP contribution in [0.25, 0.3) is 39.5 Å². The van der Waals surface area contributed by atoms with Gasteiger partial charge in [-0.15, -0.1) is 0 Å². The Labute approximate surface area is 208 Å². The summed E-state index contributed by atoms with van der Waals surface area (Å²) in [5, 5.41) is 0. The van der Waals surface area contributed by atoms with Gasteiger partial charge in [-0.05, 0) is 67.6 Å². The molecule has 0 aliphatic carbocycles. The van der Waals surface area contributed by atoms with Gasteiger partial charge in [-0.2, -0.15) is 0 Å². The number of hydrogen-bond acceptors (Lipinski definition) is 5. The number of hydrogen-bond donors (Lipinski definition) is 0. The van der Waals surface area contributed by atoms with Crippen LogP contribution in [0.4, 0.5) is 0 Å². The summed E-state index contributed by atoms with van der Waals surface area (Å²) in [6.45, 7) is 2.42. The third kappa shape index (κ3) is 4.22. The van der Waals surface area contributed by atoms with Gasteiger partial charge in [0, 0.05) is 42.5 Å². The zero-order chi connectivity index (χ0) is 24.5. The minimum Gasteiger partial charge on any atom is -0.487 e. The van der Waals surface area contributed by atoms with Gasteiger partial charge in [0.05, 0.1) is 29.1 Å². The van der Waals surface area contributed by atoms with Gasteiger partial charge in [0.25, 0.3) is 0 Å². The molecule has 0 amide bonds. The number of nitrogens with zero attached hydrogens (tertiary/aromatic N) is 6. The molecule has 0 unspecified atom stereocenters. The van der Waals surface area contributed by atoms with Gasteiger partial charge in [0.1, 0.15) is 23.7 Å². The Kier molecular flexibility index (Phi) is 5.50. The smallest absolute Gasteiger partial charge is 0.138 e. The van der Waals surface area contributed by atoms with E-state index in [0.29, 0.717) is 6.61 Å². The molecular weight excluding hydrogens is 448 g/mol. The Bertz CT molecular complexity index is 1670. The maximum Gasteiger partial charge on any atom is 0.138 e. The van der Waals surface area contributed by atoms with E-state index in [9.17, 15) is 0 Å². The molecule has 5 aromatic heterocycles. The fourth-order valence-electron chi connectivity index (χ4n) is 4.28.